The molecule has 1 aromatic rings. The Morgan fingerprint density at radius 2 is 2.18 bits per heavy atom. The number of nitrogen functional groups attached to an aromatic ring is 1. The molecule has 60 valence electrons. The van der Waals surface area contributed by atoms with Crippen molar-refractivity contribution in [3.05, 3.63) is 22.4 Å². The van der Waals surface area contributed by atoms with Crippen LogP contribution < -0.4 is 11.1 Å². The second-order valence-electron chi connectivity index (χ2n) is 2.08. The van der Waals surface area contributed by atoms with Gasteiger partial charge in [-0.1, -0.05) is 0 Å². The van der Waals surface area contributed by atoms with Crippen LogP contribution in [0.2, 0.25) is 0 Å². The van der Waals surface area contributed by atoms with Crippen LogP contribution in [0, 0.1) is 5.82 Å². The van der Waals surface area contributed by atoms with Crippen LogP contribution in [0.3, 0.4) is 0 Å². The smallest absolute Gasteiger partial charge is 0.162 e. The number of hydrogen-bond acceptors (Lipinski definition) is 2. The maximum atomic E-state index is 13.1. The summed E-state index contributed by atoms with van der Waals surface area (Å²) >= 11 is 3.05. The molecule has 0 bridgehead atoms. The van der Waals surface area contributed by atoms with Crippen LogP contribution in [0.15, 0.2) is 16.6 Å². The fourth-order valence-electron chi connectivity index (χ4n) is 0.820. The molecule has 0 radical (unpaired) electrons. The number of hydrogen-bond donors (Lipinski definition) is 2. The Balaban J connectivity index is 3.29. The Bertz CT molecular complexity index is 275. The van der Waals surface area contributed by atoms with Crippen molar-refractivity contribution in [1.82, 2.24) is 0 Å². The monoisotopic (exact) mass is 218 g/mol. The SMILES string of the molecule is CNc1c(N)ccc(Br)c1F. The normalized spacial score (nSPS) is 9.73. The van der Waals surface area contributed by atoms with E-state index in [1.165, 1.54) is 0 Å². The zero-order valence-corrected chi connectivity index (χ0v) is 7.57. The molecule has 0 atom stereocenters. The fraction of sp³-hybridized carbons (Fsp3) is 0.143. The average molecular weight is 219 g/mol. The number of anilines is 2. The van der Waals surface area contributed by atoms with Crippen LogP contribution in [0.4, 0.5) is 15.8 Å². The Morgan fingerprint density at radius 1 is 1.55 bits per heavy atom. The molecule has 0 aromatic heterocycles. The molecule has 0 aliphatic carbocycles. The lowest BCUT2D eigenvalue weighted by atomic mass is 10.2. The zero-order chi connectivity index (χ0) is 8.43. The van der Waals surface area contributed by atoms with Gasteiger partial charge < -0.3 is 11.1 Å². The first-order valence-corrected chi connectivity index (χ1v) is 3.87. The van der Waals surface area contributed by atoms with Crippen LogP contribution in [-0.4, -0.2) is 7.05 Å². The van der Waals surface area contributed by atoms with Gasteiger partial charge in [0.05, 0.1) is 15.8 Å². The third kappa shape index (κ3) is 1.45. The van der Waals surface area contributed by atoms with Gasteiger partial charge in [-0.2, -0.15) is 0 Å². The van der Waals surface area contributed by atoms with Crippen molar-refractivity contribution in [1.29, 1.82) is 0 Å². The molecule has 0 saturated heterocycles. The molecule has 0 aliphatic heterocycles. The molecular formula is C7H8BrFN2. The molecule has 3 N–H and O–H groups in total. The Hall–Kier alpha value is -0.770. The molecule has 0 spiro atoms. The Morgan fingerprint density at radius 3 is 2.64 bits per heavy atom. The summed E-state index contributed by atoms with van der Waals surface area (Å²) in [6, 6.07) is 3.21. The Labute approximate surface area is 72.7 Å². The van der Waals surface area contributed by atoms with Crippen molar-refractivity contribution >= 4 is 27.3 Å². The summed E-state index contributed by atoms with van der Waals surface area (Å²) in [4.78, 5) is 0. The molecule has 4 heteroatoms. The minimum atomic E-state index is -0.354. The highest BCUT2D eigenvalue weighted by molar-refractivity contribution is 9.10. The van der Waals surface area contributed by atoms with E-state index in [4.69, 9.17) is 5.73 Å². The lowest BCUT2D eigenvalue weighted by Gasteiger charge is -2.06. The summed E-state index contributed by atoms with van der Waals surface area (Å²) in [5.74, 6) is -0.354. The average Bonchev–Trinajstić information content (AvgIpc) is 1.99. The van der Waals surface area contributed by atoms with E-state index in [1.54, 1.807) is 19.2 Å². The maximum Gasteiger partial charge on any atom is 0.162 e. The molecule has 1 rings (SSSR count). The zero-order valence-electron chi connectivity index (χ0n) is 5.99. The van der Waals surface area contributed by atoms with Crippen LogP contribution >= 0.6 is 15.9 Å². The van der Waals surface area contributed by atoms with Crippen LogP contribution in [0.5, 0.6) is 0 Å². The molecule has 0 saturated carbocycles. The van der Waals surface area contributed by atoms with Crippen molar-refractivity contribution < 1.29 is 4.39 Å². The number of rotatable bonds is 1. The first-order chi connectivity index (χ1) is 5.16. The fourth-order valence-corrected chi connectivity index (χ4v) is 1.15. The number of nitrogens with one attached hydrogen (secondary N) is 1. The van der Waals surface area contributed by atoms with Crippen molar-refractivity contribution in [3.63, 3.8) is 0 Å². The first kappa shape index (κ1) is 8.33. The van der Waals surface area contributed by atoms with E-state index in [-0.39, 0.29) is 5.82 Å². The van der Waals surface area contributed by atoms with E-state index < -0.39 is 0 Å². The van der Waals surface area contributed by atoms with Gasteiger partial charge in [-0.15, -0.1) is 0 Å². The number of benzene rings is 1. The minimum absolute atomic E-state index is 0.333. The van der Waals surface area contributed by atoms with E-state index in [1.807, 2.05) is 0 Å². The topological polar surface area (TPSA) is 38.0 Å². The summed E-state index contributed by atoms with van der Waals surface area (Å²) in [5, 5.41) is 2.67. The van der Waals surface area contributed by atoms with Gasteiger partial charge in [0, 0.05) is 7.05 Å². The molecule has 2 nitrogen and oxygen atoms in total. The first-order valence-electron chi connectivity index (χ1n) is 3.08. The molecule has 1 aromatic carbocycles. The Kier molecular flexibility index (Phi) is 2.34. The van der Waals surface area contributed by atoms with Crippen molar-refractivity contribution in [2.45, 2.75) is 0 Å². The lowest BCUT2D eigenvalue weighted by molar-refractivity contribution is 0.625. The van der Waals surface area contributed by atoms with Gasteiger partial charge in [0.2, 0.25) is 0 Å². The lowest BCUT2D eigenvalue weighted by Crippen LogP contribution is -1.98. The van der Waals surface area contributed by atoms with Crippen LogP contribution in [-0.2, 0) is 0 Å². The highest BCUT2D eigenvalue weighted by atomic mass is 79.9. The number of halogens is 2. The van der Waals surface area contributed by atoms with Crippen molar-refractivity contribution in [2.75, 3.05) is 18.1 Å². The summed E-state index contributed by atoms with van der Waals surface area (Å²) in [7, 11) is 1.63. The van der Waals surface area contributed by atoms with Gasteiger partial charge >= 0.3 is 0 Å². The van der Waals surface area contributed by atoms with Gasteiger partial charge in [0.25, 0.3) is 0 Å². The third-order valence-corrected chi connectivity index (χ3v) is 1.99. The highest BCUT2D eigenvalue weighted by Crippen LogP contribution is 2.27. The molecule has 0 aliphatic rings. The molecule has 0 heterocycles. The number of nitrogens with two attached hydrogens (primary N) is 1. The standard InChI is InChI=1S/C7H8BrFN2/c1-11-7-5(10)3-2-4(8)6(7)9/h2-3,11H,10H2,1H3. The van der Waals surface area contributed by atoms with E-state index in [2.05, 4.69) is 21.2 Å². The van der Waals surface area contributed by atoms with E-state index in [0.717, 1.165) is 0 Å². The quantitative estimate of drug-likeness (QED) is 0.710. The van der Waals surface area contributed by atoms with Crippen LogP contribution in [0.1, 0.15) is 0 Å². The van der Waals surface area contributed by atoms with Gasteiger partial charge in [0.1, 0.15) is 0 Å². The third-order valence-electron chi connectivity index (χ3n) is 1.38. The molecular weight excluding hydrogens is 211 g/mol. The van der Waals surface area contributed by atoms with Crippen molar-refractivity contribution in [3.8, 4) is 0 Å². The summed E-state index contributed by atoms with van der Waals surface area (Å²) < 4.78 is 13.5. The summed E-state index contributed by atoms with van der Waals surface area (Å²) in [6.45, 7) is 0. The van der Waals surface area contributed by atoms with E-state index >= 15 is 0 Å². The van der Waals surface area contributed by atoms with E-state index in [0.29, 0.717) is 15.8 Å². The van der Waals surface area contributed by atoms with Gasteiger partial charge in [-0.05, 0) is 28.1 Å². The summed E-state index contributed by atoms with van der Waals surface area (Å²) in [6.07, 6.45) is 0. The predicted octanol–water partition coefficient (Wildman–Crippen LogP) is 2.21. The van der Waals surface area contributed by atoms with Crippen LogP contribution in [0.25, 0.3) is 0 Å². The second kappa shape index (κ2) is 3.09. The highest BCUT2D eigenvalue weighted by Gasteiger charge is 2.07. The minimum Gasteiger partial charge on any atom is -0.397 e. The largest absolute Gasteiger partial charge is 0.397 e. The van der Waals surface area contributed by atoms with Crippen molar-refractivity contribution in [2.24, 2.45) is 0 Å². The second-order valence-corrected chi connectivity index (χ2v) is 2.93. The molecule has 0 fully saturated rings. The molecule has 0 unspecified atom stereocenters. The van der Waals surface area contributed by atoms with E-state index in [9.17, 15) is 4.39 Å². The van der Waals surface area contributed by atoms with Gasteiger partial charge in [-0.3, -0.25) is 0 Å². The summed E-state index contributed by atoms with van der Waals surface area (Å²) in [5.41, 5.74) is 6.22. The maximum absolute atomic E-state index is 13.1. The van der Waals surface area contributed by atoms with Gasteiger partial charge in [0.15, 0.2) is 5.82 Å². The molecule has 0 amide bonds. The molecule has 11 heavy (non-hydrogen) atoms. The van der Waals surface area contributed by atoms with Gasteiger partial charge in [-0.25, -0.2) is 4.39 Å². The predicted molar refractivity (Wildman–Crippen MR) is 48.1 cm³/mol.